The van der Waals surface area contributed by atoms with Gasteiger partial charge in [-0.1, -0.05) is 60.0 Å². The van der Waals surface area contributed by atoms with Gasteiger partial charge in [-0.15, -0.1) is 0 Å². The third-order valence-electron chi connectivity index (χ3n) is 6.30. The Labute approximate surface area is 210 Å². The van der Waals surface area contributed by atoms with Crippen molar-refractivity contribution in [2.24, 2.45) is 0 Å². The van der Waals surface area contributed by atoms with Crippen molar-refractivity contribution >= 4 is 34.9 Å². The summed E-state index contributed by atoms with van der Waals surface area (Å²) in [6.07, 6.45) is 5.48. The Hall–Kier alpha value is -2.63. The van der Waals surface area contributed by atoms with E-state index in [0.29, 0.717) is 47.8 Å². The second kappa shape index (κ2) is 11.2. The molecule has 1 aliphatic rings. The monoisotopic (exact) mass is 499 g/mol. The van der Waals surface area contributed by atoms with E-state index in [1.807, 2.05) is 19.1 Å². The Morgan fingerprint density at radius 2 is 1.82 bits per heavy atom. The van der Waals surface area contributed by atoms with Crippen LogP contribution >= 0.6 is 23.2 Å². The first-order valence-corrected chi connectivity index (χ1v) is 12.4. The van der Waals surface area contributed by atoms with Gasteiger partial charge in [-0.3, -0.25) is 4.79 Å². The molecular formula is C27H28Cl2FN3O. The molecule has 4 rings (SSSR count). The number of amides is 1. The summed E-state index contributed by atoms with van der Waals surface area (Å²) < 4.78 is 14.0. The van der Waals surface area contributed by atoms with E-state index in [1.54, 1.807) is 11.0 Å². The quantitative estimate of drug-likeness (QED) is 0.341. The zero-order chi connectivity index (χ0) is 24.1. The molecule has 0 bridgehead atoms. The van der Waals surface area contributed by atoms with E-state index in [-0.39, 0.29) is 11.5 Å². The highest BCUT2D eigenvalue weighted by molar-refractivity contribution is 6.42. The number of benzene rings is 2. The van der Waals surface area contributed by atoms with Crippen molar-refractivity contribution in [1.82, 2.24) is 9.88 Å². The highest BCUT2D eigenvalue weighted by atomic mass is 35.5. The van der Waals surface area contributed by atoms with Crippen LogP contribution in [0.2, 0.25) is 10.0 Å². The number of anilines is 1. The molecule has 0 radical (unpaired) electrons. The van der Waals surface area contributed by atoms with Gasteiger partial charge in [0.25, 0.3) is 5.91 Å². The van der Waals surface area contributed by atoms with Gasteiger partial charge in [-0.2, -0.15) is 0 Å². The molecule has 0 atom stereocenters. The van der Waals surface area contributed by atoms with Crippen LogP contribution in [0.15, 0.2) is 54.7 Å². The average molecular weight is 500 g/mol. The van der Waals surface area contributed by atoms with Crippen LogP contribution in [-0.2, 0) is 13.0 Å². The van der Waals surface area contributed by atoms with Gasteiger partial charge in [-0.25, -0.2) is 9.37 Å². The molecule has 3 aromatic rings. The van der Waals surface area contributed by atoms with Gasteiger partial charge in [0.05, 0.1) is 21.8 Å². The number of hydrogen-bond donors (Lipinski definition) is 1. The molecule has 1 fully saturated rings. The van der Waals surface area contributed by atoms with E-state index in [2.05, 4.69) is 34.6 Å². The second-order valence-electron chi connectivity index (χ2n) is 8.67. The summed E-state index contributed by atoms with van der Waals surface area (Å²) in [6, 6.07) is 15.2. The van der Waals surface area contributed by atoms with E-state index in [1.165, 1.54) is 30.9 Å². The van der Waals surface area contributed by atoms with Crippen LogP contribution in [0.3, 0.4) is 0 Å². The Bertz CT molecular complexity index is 1150. The van der Waals surface area contributed by atoms with Gasteiger partial charge in [0, 0.05) is 19.6 Å². The Morgan fingerprint density at radius 1 is 1.09 bits per heavy atom. The van der Waals surface area contributed by atoms with E-state index in [0.717, 1.165) is 17.3 Å². The molecule has 1 N–H and O–H groups in total. The Kier molecular flexibility index (Phi) is 8.07. The zero-order valence-electron chi connectivity index (χ0n) is 19.2. The number of nitrogens with zero attached hydrogens (tertiary/aromatic N) is 2. The fourth-order valence-electron chi connectivity index (χ4n) is 4.15. The number of pyridine rings is 1. The highest BCUT2D eigenvalue weighted by Crippen LogP contribution is 2.36. The molecule has 1 heterocycles. The minimum Gasteiger partial charge on any atom is -0.370 e. The van der Waals surface area contributed by atoms with Gasteiger partial charge >= 0.3 is 0 Å². The number of carbonyl (C=O) groups excluding carboxylic acids is 1. The van der Waals surface area contributed by atoms with Crippen molar-refractivity contribution in [3.05, 3.63) is 92.8 Å². The van der Waals surface area contributed by atoms with Crippen LogP contribution in [0.1, 0.15) is 59.2 Å². The molecule has 7 heteroatoms. The summed E-state index contributed by atoms with van der Waals surface area (Å²) >= 11 is 12.2. The van der Waals surface area contributed by atoms with Gasteiger partial charge in [-0.05, 0) is 67.0 Å². The zero-order valence-corrected chi connectivity index (χ0v) is 20.7. The van der Waals surface area contributed by atoms with Crippen LogP contribution in [0, 0.1) is 5.82 Å². The molecule has 34 heavy (non-hydrogen) atoms. The van der Waals surface area contributed by atoms with Crippen LogP contribution in [0.5, 0.6) is 0 Å². The van der Waals surface area contributed by atoms with E-state index in [9.17, 15) is 9.18 Å². The maximum atomic E-state index is 14.0. The normalized spacial score (nSPS) is 13.4. The number of rotatable bonds is 9. The standard InChI is InChI=1S/C27H28Cl2FN3O/c1-2-31-26-23(15-22(30)16-32-26)27(34)33(13-12-18-8-11-24(28)25(29)14-18)17-19-6-9-21(10-7-19)20-4-3-5-20/h6-11,14-16,20H,2-5,12-13,17H2,1H3,(H,31,32). The molecular weight excluding hydrogens is 472 g/mol. The third-order valence-corrected chi connectivity index (χ3v) is 7.04. The third kappa shape index (κ3) is 5.89. The second-order valence-corrected chi connectivity index (χ2v) is 9.49. The Balaban J connectivity index is 1.58. The molecule has 1 aliphatic carbocycles. The van der Waals surface area contributed by atoms with Gasteiger partial charge < -0.3 is 10.2 Å². The summed E-state index contributed by atoms with van der Waals surface area (Å²) in [4.78, 5) is 19.4. The summed E-state index contributed by atoms with van der Waals surface area (Å²) in [5.41, 5.74) is 3.58. The van der Waals surface area contributed by atoms with Crippen LogP contribution in [-0.4, -0.2) is 28.9 Å². The van der Waals surface area contributed by atoms with E-state index in [4.69, 9.17) is 23.2 Å². The van der Waals surface area contributed by atoms with E-state index < -0.39 is 5.82 Å². The summed E-state index contributed by atoms with van der Waals surface area (Å²) in [6.45, 7) is 3.33. The molecule has 0 spiro atoms. The minimum atomic E-state index is -0.542. The van der Waals surface area contributed by atoms with Crippen LogP contribution in [0.25, 0.3) is 0 Å². The summed E-state index contributed by atoms with van der Waals surface area (Å²) in [7, 11) is 0. The van der Waals surface area contributed by atoms with Crippen molar-refractivity contribution in [2.75, 3.05) is 18.4 Å². The minimum absolute atomic E-state index is 0.224. The first kappa shape index (κ1) is 24.5. The summed E-state index contributed by atoms with van der Waals surface area (Å²) in [5, 5.41) is 4.04. The topological polar surface area (TPSA) is 45.2 Å². The first-order valence-electron chi connectivity index (χ1n) is 11.7. The fraction of sp³-hybridized carbons (Fsp3) is 0.333. The average Bonchev–Trinajstić information content (AvgIpc) is 2.79. The summed E-state index contributed by atoms with van der Waals surface area (Å²) in [5.74, 6) is 0.224. The molecule has 178 valence electrons. The maximum absolute atomic E-state index is 14.0. The fourth-order valence-corrected chi connectivity index (χ4v) is 4.47. The van der Waals surface area contributed by atoms with Crippen molar-refractivity contribution in [3.8, 4) is 0 Å². The molecule has 2 aromatic carbocycles. The molecule has 1 saturated carbocycles. The number of carbonyl (C=O) groups is 1. The van der Waals surface area contributed by atoms with Crippen molar-refractivity contribution < 1.29 is 9.18 Å². The maximum Gasteiger partial charge on any atom is 0.258 e. The van der Waals surface area contributed by atoms with Crippen molar-refractivity contribution in [1.29, 1.82) is 0 Å². The number of nitrogens with one attached hydrogen (secondary N) is 1. The van der Waals surface area contributed by atoms with Gasteiger partial charge in [0.1, 0.15) is 11.6 Å². The number of hydrogen-bond acceptors (Lipinski definition) is 3. The highest BCUT2D eigenvalue weighted by Gasteiger charge is 2.22. The lowest BCUT2D eigenvalue weighted by Gasteiger charge is -2.27. The molecule has 0 saturated heterocycles. The predicted molar refractivity (Wildman–Crippen MR) is 136 cm³/mol. The SMILES string of the molecule is CCNc1ncc(F)cc1C(=O)N(CCc1ccc(Cl)c(Cl)c1)Cc1ccc(C2CCC2)cc1. The number of aromatic nitrogens is 1. The lowest BCUT2D eigenvalue weighted by atomic mass is 9.80. The molecule has 4 nitrogen and oxygen atoms in total. The van der Waals surface area contributed by atoms with Crippen LogP contribution < -0.4 is 5.32 Å². The number of halogens is 3. The van der Waals surface area contributed by atoms with E-state index >= 15 is 0 Å². The molecule has 0 aliphatic heterocycles. The van der Waals surface area contributed by atoms with Crippen molar-refractivity contribution in [2.45, 2.75) is 45.1 Å². The lowest BCUT2D eigenvalue weighted by Crippen LogP contribution is -2.33. The largest absolute Gasteiger partial charge is 0.370 e. The smallest absolute Gasteiger partial charge is 0.258 e. The van der Waals surface area contributed by atoms with Gasteiger partial charge in [0.2, 0.25) is 0 Å². The molecule has 1 aromatic heterocycles. The first-order chi connectivity index (χ1) is 16.4. The predicted octanol–water partition coefficient (Wildman–Crippen LogP) is 7.11. The van der Waals surface area contributed by atoms with Gasteiger partial charge in [0.15, 0.2) is 0 Å². The Morgan fingerprint density at radius 3 is 2.47 bits per heavy atom. The van der Waals surface area contributed by atoms with Crippen molar-refractivity contribution in [3.63, 3.8) is 0 Å². The molecule has 1 amide bonds. The lowest BCUT2D eigenvalue weighted by molar-refractivity contribution is 0.0745. The van der Waals surface area contributed by atoms with Crippen LogP contribution in [0.4, 0.5) is 10.2 Å². The molecule has 0 unspecified atom stereocenters.